The van der Waals surface area contributed by atoms with Crippen molar-refractivity contribution in [1.29, 1.82) is 0 Å². The Morgan fingerprint density at radius 1 is 1.39 bits per heavy atom. The van der Waals surface area contributed by atoms with Gasteiger partial charge in [0.25, 0.3) is 5.91 Å². The third kappa shape index (κ3) is 1.93. The van der Waals surface area contributed by atoms with Gasteiger partial charge in [-0.1, -0.05) is 11.6 Å². The number of aromatic nitrogens is 1. The van der Waals surface area contributed by atoms with Crippen LogP contribution in [0.25, 0.3) is 0 Å². The standard InChI is InChI=1S/C13H18ClN3O/c1-16-8-9(14)6-12(16)13(18)17-10-2-3-11(17)7-15-5-4-10/h6,8,10-11,15H,2-5,7H2,1H3. The molecule has 0 aromatic carbocycles. The average molecular weight is 268 g/mol. The van der Waals surface area contributed by atoms with Crippen LogP contribution in [0.2, 0.25) is 5.02 Å². The Morgan fingerprint density at radius 2 is 2.17 bits per heavy atom. The first kappa shape index (κ1) is 12.1. The molecule has 1 amide bonds. The zero-order valence-electron chi connectivity index (χ0n) is 10.5. The SMILES string of the molecule is Cn1cc(Cl)cc1C(=O)N1C2CCNCC1CC2. The van der Waals surface area contributed by atoms with Gasteiger partial charge in [-0.2, -0.15) is 0 Å². The number of hydrogen-bond acceptors (Lipinski definition) is 2. The number of hydrogen-bond donors (Lipinski definition) is 1. The lowest BCUT2D eigenvalue weighted by molar-refractivity contribution is 0.0670. The predicted octanol–water partition coefficient (Wildman–Crippen LogP) is 1.65. The molecule has 1 aromatic heterocycles. The molecule has 0 aliphatic carbocycles. The molecule has 3 heterocycles. The zero-order valence-corrected chi connectivity index (χ0v) is 11.3. The van der Waals surface area contributed by atoms with Gasteiger partial charge >= 0.3 is 0 Å². The maximum absolute atomic E-state index is 12.7. The van der Waals surface area contributed by atoms with E-state index >= 15 is 0 Å². The van der Waals surface area contributed by atoms with Gasteiger partial charge in [-0.05, 0) is 31.9 Å². The van der Waals surface area contributed by atoms with Crippen LogP contribution in [0.4, 0.5) is 0 Å². The van der Waals surface area contributed by atoms with Crippen LogP contribution in [-0.2, 0) is 7.05 Å². The first-order valence-corrected chi connectivity index (χ1v) is 6.90. The smallest absolute Gasteiger partial charge is 0.271 e. The van der Waals surface area contributed by atoms with E-state index in [-0.39, 0.29) is 5.91 Å². The first-order valence-electron chi connectivity index (χ1n) is 6.52. The summed E-state index contributed by atoms with van der Waals surface area (Å²) in [5.41, 5.74) is 0.693. The topological polar surface area (TPSA) is 37.3 Å². The van der Waals surface area contributed by atoms with Crippen molar-refractivity contribution >= 4 is 17.5 Å². The lowest BCUT2D eigenvalue weighted by atomic mass is 10.1. The summed E-state index contributed by atoms with van der Waals surface area (Å²) >= 11 is 5.97. The highest BCUT2D eigenvalue weighted by Gasteiger charge is 2.38. The molecule has 18 heavy (non-hydrogen) atoms. The molecule has 2 unspecified atom stereocenters. The lowest BCUT2D eigenvalue weighted by Crippen LogP contribution is -2.43. The molecule has 2 fully saturated rings. The van der Waals surface area contributed by atoms with Gasteiger partial charge in [-0.25, -0.2) is 0 Å². The fourth-order valence-corrected chi connectivity index (χ4v) is 3.43. The third-order valence-electron chi connectivity index (χ3n) is 4.08. The Balaban J connectivity index is 1.90. The fourth-order valence-electron chi connectivity index (χ4n) is 3.18. The van der Waals surface area contributed by atoms with Crippen molar-refractivity contribution in [2.45, 2.75) is 31.3 Å². The van der Waals surface area contributed by atoms with Crippen LogP contribution in [0.1, 0.15) is 29.8 Å². The molecule has 3 rings (SSSR count). The predicted molar refractivity (Wildman–Crippen MR) is 70.9 cm³/mol. The summed E-state index contributed by atoms with van der Waals surface area (Å²) in [6.07, 6.45) is 5.09. The second kappa shape index (κ2) is 4.59. The summed E-state index contributed by atoms with van der Waals surface area (Å²) in [7, 11) is 1.87. The second-order valence-corrected chi connectivity index (χ2v) is 5.68. The van der Waals surface area contributed by atoms with E-state index in [2.05, 4.69) is 10.2 Å². The van der Waals surface area contributed by atoms with Crippen molar-refractivity contribution in [1.82, 2.24) is 14.8 Å². The van der Waals surface area contributed by atoms with Gasteiger partial charge < -0.3 is 14.8 Å². The van der Waals surface area contributed by atoms with E-state index in [1.54, 1.807) is 12.3 Å². The number of amides is 1. The van der Waals surface area contributed by atoms with Gasteiger partial charge in [0.05, 0.1) is 5.02 Å². The van der Waals surface area contributed by atoms with Gasteiger partial charge in [0.1, 0.15) is 5.69 Å². The molecule has 0 radical (unpaired) electrons. The number of nitrogens with zero attached hydrogens (tertiary/aromatic N) is 2. The minimum Gasteiger partial charge on any atom is -0.345 e. The third-order valence-corrected chi connectivity index (χ3v) is 4.29. The Bertz CT molecular complexity index is 457. The summed E-state index contributed by atoms with van der Waals surface area (Å²) in [4.78, 5) is 14.7. The number of nitrogens with one attached hydrogen (secondary N) is 1. The van der Waals surface area contributed by atoms with E-state index in [0.717, 1.165) is 32.4 Å². The molecular formula is C13H18ClN3O. The van der Waals surface area contributed by atoms with Crippen LogP contribution in [0, 0.1) is 0 Å². The van der Waals surface area contributed by atoms with E-state index in [9.17, 15) is 4.79 Å². The van der Waals surface area contributed by atoms with Crippen LogP contribution in [0.3, 0.4) is 0 Å². The number of carbonyl (C=O) groups is 1. The number of rotatable bonds is 1. The summed E-state index contributed by atoms with van der Waals surface area (Å²) in [6.45, 7) is 1.93. The van der Waals surface area contributed by atoms with Gasteiger partial charge in [-0.15, -0.1) is 0 Å². The molecule has 1 aromatic rings. The Morgan fingerprint density at radius 3 is 2.89 bits per heavy atom. The van der Waals surface area contributed by atoms with Crippen molar-refractivity contribution in [3.63, 3.8) is 0 Å². The molecule has 0 spiro atoms. The Labute approximate surface area is 112 Å². The molecule has 2 aliphatic heterocycles. The number of aryl methyl sites for hydroxylation is 1. The first-order chi connectivity index (χ1) is 8.66. The highest BCUT2D eigenvalue weighted by atomic mass is 35.5. The molecule has 4 nitrogen and oxygen atoms in total. The van der Waals surface area contributed by atoms with Crippen LogP contribution >= 0.6 is 11.6 Å². The van der Waals surface area contributed by atoms with E-state index in [1.807, 2.05) is 11.6 Å². The maximum atomic E-state index is 12.7. The van der Waals surface area contributed by atoms with E-state index in [0.29, 0.717) is 22.8 Å². The summed E-state index contributed by atoms with van der Waals surface area (Å²) in [5, 5.41) is 4.03. The molecule has 2 aliphatic rings. The lowest BCUT2D eigenvalue weighted by Gasteiger charge is -2.28. The largest absolute Gasteiger partial charge is 0.345 e. The van der Waals surface area contributed by atoms with Crippen molar-refractivity contribution in [3.05, 3.63) is 23.0 Å². The van der Waals surface area contributed by atoms with Gasteiger partial charge in [0, 0.05) is 31.9 Å². The number of halogens is 1. The molecule has 0 saturated carbocycles. The van der Waals surface area contributed by atoms with Crippen molar-refractivity contribution in [2.75, 3.05) is 13.1 Å². The molecule has 2 atom stereocenters. The van der Waals surface area contributed by atoms with Gasteiger partial charge in [0.15, 0.2) is 0 Å². The Kier molecular flexibility index (Phi) is 3.08. The van der Waals surface area contributed by atoms with E-state index in [1.165, 1.54) is 0 Å². The molecule has 5 heteroatoms. The molecule has 1 N–H and O–H groups in total. The van der Waals surface area contributed by atoms with Crippen molar-refractivity contribution in [3.8, 4) is 0 Å². The van der Waals surface area contributed by atoms with Crippen LogP contribution in [0.15, 0.2) is 12.3 Å². The fraction of sp³-hybridized carbons (Fsp3) is 0.615. The summed E-state index contributed by atoms with van der Waals surface area (Å²) < 4.78 is 1.82. The van der Waals surface area contributed by atoms with Gasteiger partial charge in [-0.3, -0.25) is 4.79 Å². The normalized spacial score (nSPS) is 27.3. The molecule has 2 saturated heterocycles. The van der Waals surface area contributed by atoms with Crippen molar-refractivity contribution in [2.24, 2.45) is 7.05 Å². The summed E-state index contributed by atoms with van der Waals surface area (Å²) in [6, 6.07) is 2.51. The Hall–Kier alpha value is -1.00. The zero-order chi connectivity index (χ0) is 12.7. The number of carbonyl (C=O) groups excluding carboxylic acids is 1. The van der Waals surface area contributed by atoms with E-state index < -0.39 is 0 Å². The summed E-state index contributed by atoms with van der Waals surface area (Å²) in [5.74, 6) is 0.126. The van der Waals surface area contributed by atoms with Crippen LogP contribution in [-0.4, -0.2) is 40.5 Å². The highest BCUT2D eigenvalue weighted by molar-refractivity contribution is 6.31. The maximum Gasteiger partial charge on any atom is 0.271 e. The van der Waals surface area contributed by atoms with Crippen LogP contribution in [0.5, 0.6) is 0 Å². The second-order valence-electron chi connectivity index (χ2n) is 5.24. The molecular weight excluding hydrogens is 250 g/mol. The number of fused-ring (bicyclic) bond motifs is 2. The molecule has 2 bridgehead atoms. The minimum absolute atomic E-state index is 0.126. The van der Waals surface area contributed by atoms with Crippen molar-refractivity contribution < 1.29 is 4.79 Å². The van der Waals surface area contributed by atoms with E-state index in [4.69, 9.17) is 11.6 Å². The molecule has 98 valence electrons. The quantitative estimate of drug-likeness (QED) is 0.840. The van der Waals surface area contributed by atoms with Gasteiger partial charge in [0.2, 0.25) is 0 Å². The highest BCUT2D eigenvalue weighted by Crippen LogP contribution is 2.30. The monoisotopic (exact) mass is 267 g/mol. The minimum atomic E-state index is 0.126. The average Bonchev–Trinajstić information content (AvgIpc) is 2.76. The van der Waals surface area contributed by atoms with Crippen LogP contribution < -0.4 is 5.32 Å².